The van der Waals surface area contributed by atoms with Gasteiger partial charge in [-0.05, 0) is 89.8 Å². The number of carbonyl (C=O) groups excluding carboxylic acids is 2. The summed E-state index contributed by atoms with van der Waals surface area (Å²) < 4.78 is 15.1. The van der Waals surface area contributed by atoms with Crippen LogP contribution in [0.1, 0.15) is 86.3 Å². The van der Waals surface area contributed by atoms with E-state index in [9.17, 15) is 9.59 Å². The number of aromatic nitrogens is 4. The first-order valence-corrected chi connectivity index (χ1v) is 21.0. The number of nitrogens with two attached hydrogens (primary N) is 1. The molecule has 0 bridgehead atoms. The van der Waals surface area contributed by atoms with Gasteiger partial charge in [-0.3, -0.25) is 19.6 Å². The zero-order valence-corrected chi connectivity index (χ0v) is 36.7. The lowest BCUT2D eigenvalue weighted by Gasteiger charge is -2.10. The zero-order chi connectivity index (χ0) is 41.4. The predicted octanol–water partition coefficient (Wildman–Crippen LogP) is 10.3. The van der Waals surface area contributed by atoms with Crippen molar-refractivity contribution >= 4 is 63.0 Å². The number of carbonyl (C=O) groups is 2. The average molecular weight is 856 g/mol. The number of hydrogen-bond donors (Lipinski definition) is 1. The van der Waals surface area contributed by atoms with Crippen molar-refractivity contribution in [2.75, 3.05) is 32.2 Å². The molecule has 1 saturated heterocycles. The van der Waals surface area contributed by atoms with Gasteiger partial charge in [-0.15, -0.1) is 12.4 Å². The highest BCUT2D eigenvalue weighted by atomic mass is 35.5. The van der Waals surface area contributed by atoms with Crippen molar-refractivity contribution < 1.29 is 23.8 Å². The Bertz CT molecular complexity index is 2230. The van der Waals surface area contributed by atoms with Gasteiger partial charge in [0, 0.05) is 36.7 Å². The number of rotatable bonds is 11. The van der Waals surface area contributed by atoms with E-state index in [1.54, 1.807) is 33.2 Å². The number of pyridine rings is 2. The van der Waals surface area contributed by atoms with E-state index < -0.39 is 5.92 Å². The minimum atomic E-state index is -0.432. The lowest BCUT2D eigenvalue weighted by molar-refractivity contribution is -0.145. The molecule has 11 nitrogen and oxygen atoms in total. The number of aliphatic imine (C=N–C) groups is 1. The fourth-order valence-electron chi connectivity index (χ4n) is 5.91. The second kappa shape index (κ2) is 23.3. The average Bonchev–Trinajstić information content (AvgIpc) is 4.03. The molecule has 2 N–H and O–H groups in total. The number of hydrogen-bond acceptors (Lipinski definition) is 13. The number of benzene rings is 2. The summed E-state index contributed by atoms with van der Waals surface area (Å²) in [6, 6.07) is 27.9. The molecule has 0 aliphatic carbocycles. The summed E-state index contributed by atoms with van der Waals surface area (Å²) in [5, 5.41) is 1.22. The van der Waals surface area contributed by atoms with Crippen molar-refractivity contribution in [1.29, 1.82) is 0 Å². The van der Waals surface area contributed by atoms with Crippen LogP contribution in [0.25, 0.3) is 20.9 Å². The lowest BCUT2D eigenvalue weighted by atomic mass is 10.0. The summed E-state index contributed by atoms with van der Waals surface area (Å²) in [5.74, 6) is -1.36. The van der Waals surface area contributed by atoms with Gasteiger partial charge in [0.05, 0.1) is 63.3 Å². The SMILES string of the molecule is C1CCOC1.CCOC(=O)C(C)c1cc(-c2sc(N)nc2C)ccn1.CCOC(=O)C(C)c1cc(-c2sc(N=C(c3ccccc3)c3ccccc3)nc2C)ccn1.Cl. The van der Waals surface area contributed by atoms with E-state index in [0.29, 0.717) is 34.9 Å². The standard InChI is InChI=1S/C27H25N3O2S.C14H17N3O2S.C4H8O.ClH/c1-4-32-26(31)18(2)23-17-22(15-16-28-23)25-19(3)29-27(33-25)30-24(20-11-7-5-8-12-20)21-13-9-6-10-14-21;1-4-19-13(18)8(2)11-7-10(5-6-16-11)12-9(3)17-14(15)20-12;1-2-4-5-3-1;/h5-18H,4H2,1-3H3;5-8H,4H2,1-3H3,(H2,15,17);1-4H2;1H. The largest absolute Gasteiger partial charge is 0.465 e. The van der Waals surface area contributed by atoms with Gasteiger partial charge in [-0.1, -0.05) is 83.3 Å². The Morgan fingerprint density at radius 1 is 0.729 bits per heavy atom. The molecule has 5 heterocycles. The number of halogens is 1. The van der Waals surface area contributed by atoms with Crippen molar-refractivity contribution in [2.24, 2.45) is 4.99 Å². The van der Waals surface area contributed by atoms with E-state index in [1.807, 2.05) is 81.4 Å². The molecule has 2 unspecified atom stereocenters. The Kier molecular flexibility index (Phi) is 18.3. The molecule has 1 fully saturated rings. The van der Waals surface area contributed by atoms with Crippen LogP contribution < -0.4 is 5.73 Å². The summed E-state index contributed by atoms with van der Waals surface area (Å²) in [5.41, 5.74) is 13.7. The third-order valence-electron chi connectivity index (χ3n) is 8.98. The van der Waals surface area contributed by atoms with Gasteiger partial charge in [-0.2, -0.15) is 0 Å². The van der Waals surface area contributed by atoms with Gasteiger partial charge in [0.1, 0.15) is 0 Å². The molecule has 1 aliphatic heterocycles. The highest BCUT2D eigenvalue weighted by Crippen LogP contribution is 2.36. The number of nitrogen functional groups attached to an aromatic ring is 1. The fraction of sp³-hybridized carbons (Fsp3) is 0.311. The molecule has 0 amide bonds. The number of ether oxygens (including phenoxy) is 3. The molecule has 7 rings (SSSR count). The van der Waals surface area contributed by atoms with Crippen LogP contribution in [0.3, 0.4) is 0 Å². The van der Waals surface area contributed by atoms with E-state index >= 15 is 0 Å². The van der Waals surface area contributed by atoms with Crippen LogP contribution in [0.15, 0.2) is 102 Å². The van der Waals surface area contributed by atoms with Crippen molar-refractivity contribution in [3.63, 3.8) is 0 Å². The Balaban J connectivity index is 0.000000250. The van der Waals surface area contributed by atoms with Crippen LogP contribution in [-0.2, 0) is 23.8 Å². The molecule has 1 aliphatic rings. The number of anilines is 1. The second-order valence-corrected chi connectivity index (χ2v) is 15.3. The van der Waals surface area contributed by atoms with Crippen molar-refractivity contribution in [1.82, 2.24) is 19.9 Å². The van der Waals surface area contributed by atoms with Crippen molar-refractivity contribution in [2.45, 2.75) is 66.2 Å². The van der Waals surface area contributed by atoms with Crippen LogP contribution in [0.5, 0.6) is 0 Å². The molecule has 6 aromatic rings. The quantitative estimate of drug-likeness (QED) is 0.0985. The van der Waals surface area contributed by atoms with Crippen LogP contribution in [0.4, 0.5) is 10.3 Å². The fourth-order valence-corrected chi connectivity index (χ4v) is 7.68. The smallest absolute Gasteiger partial charge is 0.314 e. The number of aryl methyl sites for hydroxylation is 2. The van der Waals surface area contributed by atoms with Gasteiger partial charge in [-0.25, -0.2) is 15.0 Å². The molecule has 0 spiro atoms. The summed E-state index contributed by atoms with van der Waals surface area (Å²) in [7, 11) is 0. The Morgan fingerprint density at radius 3 is 1.59 bits per heavy atom. The first-order chi connectivity index (χ1) is 28.1. The number of esters is 2. The van der Waals surface area contributed by atoms with Crippen LogP contribution in [-0.4, -0.2) is 64.0 Å². The monoisotopic (exact) mass is 854 g/mol. The molecule has 4 aromatic heterocycles. The third kappa shape index (κ3) is 13.1. The summed E-state index contributed by atoms with van der Waals surface area (Å²) in [6.07, 6.45) is 5.97. The number of nitrogens with zero attached hydrogens (tertiary/aromatic N) is 5. The Labute approximate surface area is 360 Å². The topological polar surface area (TPSA) is 152 Å². The van der Waals surface area contributed by atoms with Gasteiger partial charge in [0.15, 0.2) is 5.13 Å². The maximum absolute atomic E-state index is 12.2. The number of thiazole rings is 2. The molecular formula is C45H51ClN6O5S2. The summed E-state index contributed by atoms with van der Waals surface area (Å²) in [4.78, 5) is 48.5. The first kappa shape index (κ1) is 46.4. The van der Waals surface area contributed by atoms with Crippen molar-refractivity contribution in [3.05, 3.63) is 131 Å². The van der Waals surface area contributed by atoms with Gasteiger partial charge < -0.3 is 19.9 Å². The van der Waals surface area contributed by atoms with E-state index in [2.05, 4.69) is 39.2 Å². The Morgan fingerprint density at radius 2 is 1.19 bits per heavy atom. The molecule has 59 heavy (non-hydrogen) atoms. The van der Waals surface area contributed by atoms with Gasteiger partial charge in [0.2, 0.25) is 5.13 Å². The predicted molar refractivity (Wildman–Crippen MR) is 240 cm³/mol. The zero-order valence-electron chi connectivity index (χ0n) is 34.2. The molecule has 0 saturated carbocycles. The normalized spacial score (nSPS) is 12.6. The molecular weight excluding hydrogens is 804 g/mol. The highest BCUT2D eigenvalue weighted by molar-refractivity contribution is 7.19. The lowest BCUT2D eigenvalue weighted by Crippen LogP contribution is -2.14. The summed E-state index contributed by atoms with van der Waals surface area (Å²) in [6.45, 7) is 13.8. The third-order valence-corrected chi connectivity index (χ3v) is 11.1. The maximum Gasteiger partial charge on any atom is 0.314 e. The van der Waals surface area contributed by atoms with E-state index in [4.69, 9.17) is 29.9 Å². The minimum Gasteiger partial charge on any atom is -0.465 e. The van der Waals surface area contributed by atoms with Crippen molar-refractivity contribution in [3.8, 4) is 20.9 Å². The van der Waals surface area contributed by atoms with Crippen LogP contribution >= 0.6 is 35.1 Å². The van der Waals surface area contributed by atoms with Crippen LogP contribution in [0.2, 0.25) is 0 Å². The maximum atomic E-state index is 12.2. The highest BCUT2D eigenvalue weighted by Gasteiger charge is 2.21. The molecule has 2 aromatic carbocycles. The van der Waals surface area contributed by atoms with E-state index in [-0.39, 0.29) is 30.3 Å². The summed E-state index contributed by atoms with van der Waals surface area (Å²) >= 11 is 2.96. The van der Waals surface area contributed by atoms with E-state index in [1.165, 1.54) is 35.5 Å². The minimum absolute atomic E-state index is 0. The molecule has 0 radical (unpaired) electrons. The second-order valence-electron chi connectivity index (χ2n) is 13.3. The van der Waals surface area contributed by atoms with E-state index in [0.717, 1.165) is 62.3 Å². The van der Waals surface area contributed by atoms with Gasteiger partial charge >= 0.3 is 11.9 Å². The van der Waals surface area contributed by atoms with Gasteiger partial charge in [0.25, 0.3) is 0 Å². The molecule has 2 atom stereocenters. The molecule has 310 valence electrons. The molecule has 14 heteroatoms. The first-order valence-electron chi connectivity index (χ1n) is 19.3. The van der Waals surface area contributed by atoms with Crippen LogP contribution in [0, 0.1) is 13.8 Å². The Hall–Kier alpha value is -5.34.